The van der Waals surface area contributed by atoms with Gasteiger partial charge < -0.3 is 13.6 Å². The second kappa shape index (κ2) is 5.49. The first-order chi connectivity index (χ1) is 12.2. The molecule has 3 heterocycles. The van der Waals surface area contributed by atoms with Crippen molar-refractivity contribution in [2.45, 2.75) is 39.3 Å². The van der Waals surface area contributed by atoms with Gasteiger partial charge in [-0.3, -0.25) is 4.90 Å². The molecule has 1 unspecified atom stereocenters. The van der Waals surface area contributed by atoms with Crippen LogP contribution in [0.15, 0.2) is 38.1 Å². The van der Waals surface area contributed by atoms with Crippen LogP contribution in [0.25, 0.3) is 11.0 Å². The molecule has 0 saturated heterocycles. The largest absolute Gasteiger partial charge is 0.463 e. The highest BCUT2D eigenvalue weighted by atomic mass is 16.5. The summed E-state index contributed by atoms with van der Waals surface area (Å²) >= 11 is 0. The average Bonchev–Trinajstić information content (AvgIpc) is 3.28. The fourth-order valence-corrected chi connectivity index (χ4v) is 4.23. The minimum Gasteiger partial charge on any atom is -0.463 e. The maximum absolute atomic E-state index is 12.3. The van der Waals surface area contributed by atoms with Gasteiger partial charge in [-0.15, -0.1) is 0 Å². The molecule has 0 radical (unpaired) electrons. The van der Waals surface area contributed by atoms with Gasteiger partial charge >= 0.3 is 5.63 Å². The van der Waals surface area contributed by atoms with Gasteiger partial charge in [-0.1, -0.05) is 0 Å². The summed E-state index contributed by atoms with van der Waals surface area (Å²) in [5, 5.41) is 1.09. The summed E-state index contributed by atoms with van der Waals surface area (Å²) in [5.74, 6) is 1.84. The van der Waals surface area contributed by atoms with Gasteiger partial charge in [0.1, 0.15) is 24.4 Å². The van der Waals surface area contributed by atoms with Crippen LogP contribution in [0.4, 0.5) is 0 Å². The van der Waals surface area contributed by atoms with Crippen molar-refractivity contribution < 1.29 is 18.5 Å². The molecule has 128 valence electrons. The molecule has 2 aliphatic rings. The van der Waals surface area contributed by atoms with Crippen molar-refractivity contribution in [2.75, 3.05) is 6.73 Å². The lowest BCUT2D eigenvalue weighted by atomic mass is 9.99. The molecule has 1 aliphatic carbocycles. The number of rotatable bonds is 2. The fourth-order valence-electron chi connectivity index (χ4n) is 4.23. The molecule has 5 heteroatoms. The monoisotopic (exact) mass is 338 g/mol. The maximum atomic E-state index is 12.3. The molecule has 2 aromatic heterocycles. The molecule has 0 saturated carbocycles. The number of fused-ring (bicyclic) bond motifs is 4. The van der Waals surface area contributed by atoms with Crippen molar-refractivity contribution in [3.05, 3.63) is 62.9 Å². The van der Waals surface area contributed by atoms with E-state index in [9.17, 15) is 4.79 Å². The molecule has 0 fully saturated rings. The van der Waals surface area contributed by atoms with Crippen LogP contribution in [0.3, 0.4) is 0 Å². The van der Waals surface area contributed by atoms with E-state index in [1.165, 1.54) is 16.0 Å². The summed E-state index contributed by atoms with van der Waals surface area (Å²) < 4.78 is 17.2. The normalized spacial score (nSPS) is 18.8. The Morgan fingerprint density at radius 3 is 2.96 bits per heavy atom. The summed E-state index contributed by atoms with van der Waals surface area (Å²) in [4.78, 5) is 13.6. The zero-order valence-electron chi connectivity index (χ0n) is 14.2. The molecule has 0 bridgehead atoms. The molecule has 0 amide bonds. The van der Waals surface area contributed by atoms with Crippen LogP contribution in [-0.4, -0.2) is 6.73 Å². The fraction of sp³-hybridized carbons (Fsp3) is 0.350. The smallest absolute Gasteiger partial charge is 0.339 e. The lowest BCUT2D eigenvalue weighted by molar-refractivity contribution is -0.946. The first-order valence-electron chi connectivity index (χ1n) is 8.80. The molecule has 0 spiro atoms. The second-order valence-corrected chi connectivity index (χ2v) is 7.04. The minimum absolute atomic E-state index is 0.177. The van der Waals surface area contributed by atoms with Crippen LogP contribution >= 0.6 is 0 Å². The van der Waals surface area contributed by atoms with Gasteiger partial charge in [0.15, 0.2) is 5.76 Å². The number of quaternary nitrogens is 1. The molecular weight excluding hydrogens is 318 g/mol. The molecule has 1 N–H and O–H groups in total. The first kappa shape index (κ1) is 14.8. The van der Waals surface area contributed by atoms with Crippen molar-refractivity contribution in [3.8, 4) is 5.75 Å². The van der Waals surface area contributed by atoms with E-state index in [4.69, 9.17) is 13.6 Å². The molecule has 1 aliphatic heterocycles. The summed E-state index contributed by atoms with van der Waals surface area (Å²) in [6.45, 7) is 4.24. The molecule has 1 atom stereocenters. The Bertz CT molecular complexity index is 1020. The van der Waals surface area contributed by atoms with Crippen LogP contribution in [0.5, 0.6) is 5.75 Å². The standard InChI is InChI=1S/C20H19NO4/c1-12-18-13(9-21(11-24-18)10-14-4-3-7-23-14)8-17-15-5-2-6-16(15)20(22)25-19(12)17/h3-4,7-8H,2,5-6,9-11H2,1H3/p+1. The molecule has 3 aromatic rings. The number of ether oxygens (including phenoxy) is 1. The predicted octanol–water partition coefficient (Wildman–Crippen LogP) is 2.12. The van der Waals surface area contributed by atoms with E-state index in [2.05, 4.69) is 6.07 Å². The Kier molecular flexibility index (Phi) is 3.25. The van der Waals surface area contributed by atoms with Crippen molar-refractivity contribution in [3.63, 3.8) is 0 Å². The third-order valence-corrected chi connectivity index (χ3v) is 5.39. The van der Waals surface area contributed by atoms with Crippen LogP contribution < -0.4 is 15.3 Å². The third kappa shape index (κ3) is 2.30. The van der Waals surface area contributed by atoms with E-state index in [1.54, 1.807) is 6.26 Å². The summed E-state index contributed by atoms with van der Waals surface area (Å²) in [6.07, 6.45) is 4.52. The zero-order chi connectivity index (χ0) is 17.0. The highest BCUT2D eigenvalue weighted by Crippen LogP contribution is 2.36. The SMILES string of the molecule is Cc1c2c(cc3c4c(c(=O)oc13)CCC4)C[NH+](Cc1ccco1)CO2. The topological polar surface area (TPSA) is 57.0 Å². The predicted molar refractivity (Wildman–Crippen MR) is 91.8 cm³/mol. The van der Waals surface area contributed by atoms with E-state index >= 15 is 0 Å². The van der Waals surface area contributed by atoms with E-state index < -0.39 is 0 Å². The molecular formula is C20H20NO4+. The van der Waals surface area contributed by atoms with Gasteiger partial charge in [0.25, 0.3) is 0 Å². The average molecular weight is 338 g/mol. The van der Waals surface area contributed by atoms with Crippen molar-refractivity contribution in [1.29, 1.82) is 0 Å². The molecule has 5 nitrogen and oxygen atoms in total. The Labute approximate surface area is 144 Å². The third-order valence-electron chi connectivity index (χ3n) is 5.39. The Hall–Kier alpha value is -2.53. The molecule has 5 rings (SSSR count). The summed E-state index contributed by atoms with van der Waals surface area (Å²) in [7, 11) is 0. The van der Waals surface area contributed by atoms with E-state index in [1.807, 2.05) is 19.1 Å². The second-order valence-electron chi connectivity index (χ2n) is 7.04. The van der Waals surface area contributed by atoms with E-state index in [0.29, 0.717) is 12.3 Å². The van der Waals surface area contributed by atoms with Gasteiger partial charge in [0.05, 0.1) is 6.26 Å². The number of hydrogen-bond donors (Lipinski definition) is 1. The lowest BCUT2D eigenvalue weighted by Crippen LogP contribution is -3.10. The van der Waals surface area contributed by atoms with E-state index in [0.717, 1.165) is 60.4 Å². The van der Waals surface area contributed by atoms with Crippen molar-refractivity contribution in [1.82, 2.24) is 0 Å². The Morgan fingerprint density at radius 1 is 1.24 bits per heavy atom. The zero-order valence-corrected chi connectivity index (χ0v) is 14.2. The summed E-state index contributed by atoms with van der Waals surface area (Å²) in [5.41, 5.74) is 4.68. The van der Waals surface area contributed by atoms with Gasteiger partial charge in [-0.25, -0.2) is 4.79 Å². The van der Waals surface area contributed by atoms with Crippen molar-refractivity contribution >= 4 is 11.0 Å². The number of furan rings is 1. The molecule has 25 heavy (non-hydrogen) atoms. The van der Waals surface area contributed by atoms with Crippen LogP contribution in [0.1, 0.15) is 34.4 Å². The lowest BCUT2D eigenvalue weighted by Gasteiger charge is -2.27. The number of hydrogen-bond acceptors (Lipinski definition) is 4. The quantitative estimate of drug-likeness (QED) is 0.727. The number of benzene rings is 1. The van der Waals surface area contributed by atoms with Gasteiger partial charge in [0, 0.05) is 22.1 Å². The van der Waals surface area contributed by atoms with Gasteiger partial charge in [-0.2, -0.15) is 0 Å². The Morgan fingerprint density at radius 2 is 2.12 bits per heavy atom. The highest BCUT2D eigenvalue weighted by molar-refractivity contribution is 5.87. The van der Waals surface area contributed by atoms with Crippen molar-refractivity contribution in [2.24, 2.45) is 0 Å². The first-order valence-corrected chi connectivity index (χ1v) is 8.80. The van der Waals surface area contributed by atoms with Crippen LogP contribution in [0.2, 0.25) is 0 Å². The van der Waals surface area contributed by atoms with Crippen LogP contribution in [0, 0.1) is 6.92 Å². The van der Waals surface area contributed by atoms with Crippen LogP contribution in [-0.2, 0) is 25.9 Å². The van der Waals surface area contributed by atoms with Gasteiger partial charge in [-0.05, 0) is 49.9 Å². The maximum Gasteiger partial charge on any atom is 0.339 e. The van der Waals surface area contributed by atoms with Gasteiger partial charge in [0.2, 0.25) is 6.73 Å². The number of nitrogens with one attached hydrogen (secondary N) is 1. The Balaban J connectivity index is 1.60. The summed E-state index contributed by atoms with van der Waals surface area (Å²) in [6, 6.07) is 6.08. The minimum atomic E-state index is -0.177. The highest BCUT2D eigenvalue weighted by Gasteiger charge is 2.28. The van der Waals surface area contributed by atoms with E-state index in [-0.39, 0.29) is 5.63 Å². The number of aryl methyl sites for hydroxylation is 2. The molecule has 1 aromatic carbocycles.